The largest absolute Gasteiger partial charge is 0.481 e. The number of nitrogens with one attached hydrogen (secondary N) is 1. The number of carboxylic acid groups (broad SMARTS) is 1. The lowest BCUT2D eigenvalue weighted by Gasteiger charge is -2.19. The van der Waals surface area contributed by atoms with Gasteiger partial charge in [0, 0.05) is 32.0 Å². The Hall–Kier alpha value is -3.35. The first kappa shape index (κ1) is 20.5. The number of carbonyl (C=O) groups excluding carboxylic acids is 2. The summed E-state index contributed by atoms with van der Waals surface area (Å²) in [5.41, 5.74) is 3.99. The maximum Gasteiger partial charge on any atom is 0.407 e. The van der Waals surface area contributed by atoms with Gasteiger partial charge in [-0.05, 0) is 41.0 Å². The standard InChI is InChI=1S/C25H26N2O5/c28-22(27-13-16-12-25(16,15-27)23(29)30)10-5-11-26-24(31)32-14-21-19-8-3-1-6-17(19)18-7-2-4-9-20(18)21/h1-4,6-9,16,21H,5,10-15H2,(H,26,31)(H,29,30). The van der Waals surface area contributed by atoms with Gasteiger partial charge in [-0.2, -0.15) is 0 Å². The Balaban J connectivity index is 1.06. The Labute approximate surface area is 186 Å². The van der Waals surface area contributed by atoms with Crippen LogP contribution >= 0.6 is 0 Å². The highest BCUT2D eigenvalue weighted by molar-refractivity contribution is 5.84. The van der Waals surface area contributed by atoms with Crippen LogP contribution in [0.4, 0.5) is 4.79 Å². The molecule has 7 nitrogen and oxygen atoms in total. The van der Waals surface area contributed by atoms with E-state index in [0.717, 1.165) is 11.1 Å². The van der Waals surface area contributed by atoms with Crippen molar-refractivity contribution < 1.29 is 24.2 Å². The third-order valence-corrected chi connectivity index (χ3v) is 7.10. The van der Waals surface area contributed by atoms with Crippen LogP contribution in [0.3, 0.4) is 0 Å². The third-order valence-electron chi connectivity index (χ3n) is 7.10. The molecule has 2 N–H and O–H groups in total. The molecule has 1 heterocycles. The number of alkyl carbamates (subject to hydrolysis) is 1. The van der Waals surface area contributed by atoms with Crippen LogP contribution in [0.5, 0.6) is 0 Å². The number of aliphatic carboxylic acids is 1. The summed E-state index contributed by atoms with van der Waals surface area (Å²) in [7, 11) is 0. The van der Waals surface area contributed by atoms with E-state index in [0.29, 0.717) is 32.5 Å². The Bertz CT molecular complexity index is 1040. The van der Waals surface area contributed by atoms with Crippen molar-refractivity contribution in [3.8, 4) is 11.1 Å². The SMILES string of the molecule is O=C(NCCCC(=O)N1CC2CC2(C(=O)O)C1)OCC1c2ccccc2-c2ccccc21. The fraction of sp³-hybridized carbons (Fsp3) is 0.400. The molecule has 0 aromatic heterocycles. The van der Waals surface area contributed by atoms with Gasteiger partial charge in [0.05, 0.1) is 5.41 Å². The van der Waals surface area contributed by atoms with Crippen molar-refractivity contribution in [2.75, 3.05) is 26.2 Å². The van der Waals surface area contributed by atoms with Gasteiger partial charge in [-0.1, -0.05) is 48.5 Å². The number of carbonyl (C=O) groups is 3. The number of hydrogen-bond acceptors (Lipinski definition) is 4. The van der Waals surface area contributed by atoms with Crippen LogP contribution in [0.25, 0.3) is 11.1 Å². The maximum atomic E-state index is 12.3. The molecular weight excluding hydrogens is 408 g/mol. The van der Waals surface area contributed by atoms with Crippen LogP contribution in [0, 0.1) is 11.3 Å². The topological polar surface area (TPSA) is 95.9 Å². The summed E-state index contributed by atoms with van der Waals surface area (Å²) in [6.45, 7) is 1.44. The molecule has 166 valence electrons. The van der Waals surface area contributed by atoms with E-state index in [9.17, 15) is 19.5 Å². The third kappa shape index (κ3) is 3.51. The van der Waals surface area contributed by atoms with E-state index in [2.05, 4.69) is 29.6 Å². The van der Waals surface area contributed by atoms with Crippen molar-refractivity contribution in [3.63, 3.8) is 0 Å². The van der Waals surface area contributed by atoms with Crippen molar-refractivity contribution in [2.45, 2.75) is 25.2 Å². The summed E-state index contributed by atoms with van der Waals surface area (Å²) in [6, 6.07) is 16.3. The van der Waals surface area contributed by atoms with Crippen LogP contribution in [0.2, 0.25) is 0 Å². The van der Waals surface area contributed by atoms with Crippen LogP contribution in [-0.4, -0.2) is 54.2 Å². The molecule has 5 rings (SSSR count). The van der Waals surface area contributed by atoms with Crippen LogP contribution in [0.15, 0.2) is 48.5 Å². The highest BCUT2D eigenvalue weighted by Gasteiger charge is 2.66. The molecule has 0 bridgehead atoms. The molecule has 2 fully saturated rings. The zero-order valence-corrected chi connectivity index (χ0v) is 17.8. The summed E-state index contributed by atoms with van der Waals surface area (Å²) in [6.07, 6.45) is 0.956. The smallest absolute Gasteiger partial charge is 0.407 e. The van der Waals surface area contributed by atoms with Gasteiger partial charge in [-0.25, -0.2) is 4.79 Å². The number of hydrogen-bond donors (Lipinski definition) is 2. The van der Waals surface area contributed by atoms with E-state index in [1.807, 2.05) is 24.3 Å². The molecule has 0 radical (unpaired) electrons. The monoisotopic (exact) mass is 434 g/mol. The lowest BCUT2D eigenvalue weighted by atomic mass is 9.98. The van der Waals surface area contributed by atoms with Crippen molar-refractivity contribution in [3.05, 3.63) is 59.7 Å². The fourth-order valence-corrected chi connectivity index (χ4v) is 5.24. The fourth-order valence-electron chi connectivity index (χ4n) is 5.24. The van der Waals surface area contributed by atoms with Crippen LogP contribution in [-0.2, 0) is 14.3 Å². The summed E-state index contributed by atoms with van der Waals surface area (Å²) in [4.78, 5) is 37.6. The molecule has 2 atom stereocenters. The number of carboxylic acids is 1. The van der Waals surface area contributed by atoms with E-state index in [1.165, 1.54) is 11.1 Å². The average Bonchev–Trinajstić information content (AvgIpc) is 3.23. The molecular formula is C25H26N2O5. The molecule has 1 saturated heterocycles. The van der Waals surface area contributed by atoms with Crippen LogP contribution in [0.1, 0.15) is 36.3 Å². The minimum atomic E-state index is -0.797. The van der Waals surface area contributed by atoms with Gasteiger partial charge in [0.1, 0.15) is 6.61 Å². The summed E-state index contributed by atoms with van der Waals surface area (Å²) < 4.78 is 5.50. The number of benzene rings is 2. The molecule has 1 saturated carbocycles. The minimum absolute atomic E-state index is 0.0119. The first-order valence-corrected chi connectivity index (χ1v) is 11.1. The van der Waals surface area contributed by atoms with E-state index < -0.39 is 17.5 Å². The summed E-state index contributed by atoms with van der Waals surface area (Å²) >= 11 is 0. The van der Waals surface area contributed by atoms with Gasteiger partial charge in [0.15, 0.2) is 0 Å². The molecule has 3 aliphatic rings. The first-order valence-electron chi connectivity index (χ1n) is 11.1. The van der Waals surface area contributed by atoms with E-state index in [1.54, 1.807) is 4.90 Å². The number of rotatable bonds is 7. The van der Waals surface area contributed by atoms with Crippen molar-refractivity contribution >= 4 is 18.0 Å². The second-order valence-electron chi connectivity index (χ2n) is 8.99. The predicted molar refractivity (Wildman–Crippen MR) is 117 cm³/mol. The quantitative estimate of drug-likeness (QED) is 0.653. The number of amides is 2. The Morgan fingerprint density at radius 2 is 1.72 bits per heavy atom. The molecule has 0 spiro atoms. The summed E-state index contributed by atoms with van der Waals surface area (Å²) in [5.74, 6) is -0.734. The first-order chi connectivity index (χ1) is 15.5. The molecule has 2 aromatic carbocycles. The van der Waals surface area contributed by atoms with Gasteiger partial charge in [0.2, 0.25) is 5.91 Å². The average molecular weight is 434 g/mol. The van der Waals surface area contributed by atoms with Gasteiger partial charge < -0.3 is 20.1 Å². The van der Waals surface area contributed by atoms with Gasteiger partial charge in [0.25, 0.3) is 0 Å². The van der Waals surface area contributed by atoms with Crippen molar-refractivity contribution in [2.24, 2.45) is 11.3 Å². The highest BCUT2D eigenvalue weighted by Crippen LogP contribution is 2.57. The molecule has 2 aromatic rings. The summed E-state index contributed by atoms with van der Waals surface area (Å²) in [5, 5.41) is 12.0. The van der Waals surface area contributed by atoms with E-state index in [-0.39, 0.29) is 30.8 Å². The molecule has 1 aliphatic heterocycles. The number of ether oxygens (including phenoxy) is 1. The Morgan fingerprint density at radius 3 is 2.34 bits per heavy atom. The molecule has 2 aliphatic carbocycles. The van der Waals surface area contributed by atoms with E-state index in [4.69, 9.17) is 4.74 Å². The zero-order valence-electron chi connectivity index (χ0n) is 17.8. The van der Waals surface area contributed by atoms with Crippen molar-refractivity contribution in [1.82, 2.24) is 10.2 Å². The lowest BCUT2D eigenvalue weighted by molar-refractivity contribution is -0.144. The predicted octanol–water partition coefficient (Wildman–Crippen LogP) is 3.24. The number of piperidine rings is 1. The Kier molecular flexibility index (Phi) is 5.12. The molecule has 32 heavy (non-hydrogen) atoms. The van der Waals surface area contributed by atoms with Gasteiger partial charge >= 0.3 is 12.1 Å². The molecule has 2 unspecified atom stereocenters. The molecule has 7 heteroatoms. The minimum Gasteiger partial charge on any atom is -0.481 e. The van der Waals surface area contributed by atoms with Gasteiger partial charge in [-0.15, -0.1) is 0 Å². The maximum absolute atomic E-state index is 12.3. The molecule has 2 amide bonds. The van der Waals surface area contributed by atoms with Gasteiger partial charge in [-0.3, -0.25) is 9.59 Å². The number of likely N-dealkylation sites (tertiary alicyclic amines) is 1. The second kappa shape index (κ2) is 7.97. The number of fused-ring (bicyclic) bond motifs is 4. The zero-order chi connectivity index (χ0) is 22.3. The Morgan fingerprint density at radius 1 is 1.06 bits per heavy atom. The second-order valence-corrected chi connectivity index (χ2v) is 8.99. The number of nitrogens with zero attached hydrogens (tertiary/aromatic N) is 1. The normalized spacial score (nSPS) is 22.6. The van der Waals surface area contributed by atoms with Crippen LogP contribution < -0.4 is 5.32 Å². The lowest BCUT2D eigenvalue weighted by Crippen LogP contribution is -2.34. The van der Waals surface area contributed by atoms with Crippen molar-refractivity contribution in [1.29, 1.82) is 0 Å². The highest BCUT2D eigenvalue weighted by atomic mass is 16.5. The van der Waals surface area contributed by atoms with E-state index >= 15 is 0 Å².